The number of hydrogen-bond donors (Lipinski definition) is 1. The average molecular weight is 410 g/mol. The van der Waals surface area contributed by atoms with Crippen LogP contribution in [0.5, 0.6) is 0 Å². The highest BCUT2D eigenvalue weighted by molar-refractivity contribution is 5.70. The van der Waals surface area contributed by atoms with E-state index in [4.69, 9.17) is 9.47 Å². The fourth-order valence-electron chi connectivity index (χ4n) is 3.39. The number of carbonyl (C=O) groups excluding carboxylic acids is 3. The summed E-state index contributed by atoms with van der Waals surface area (Å²) in [5, 5.41) is 2.75. The van der Waals surface area contributed by atoms with E-state index >= 15 is 0 Å². The molecule has 2 atom stereocenters. The van der Waals surface area contributed by atoms with Gasteiger partial charge in [0.25, 0.3) is 0 Å². The van der Waals surface area contributed by atoms with Crippen molar-refractivity contribution in [1.82, 2.24) is 10.2 Å². The van der Waals surface area contributed by atoms with Crippen LogP contribution in [-0.4, -0.2) is 42.5 Å². The molecule has 1 aliphatic heterocycles. The molecule has 2 amide bonds. The highest BCUT2D eigenvalue weighted by Crippen LogP contribution is 2.18. The van der Waals surface area contributed by atoms with Crippen LogP contribution < -0.4 is 5.32 Å². The van der Waals surface area contributed by atoms with Crippen LogP contribution in [0.1, 0.15) is 24.0 Å². The highest BCUT2D eigenvalue weighted by Gasteiger charge is 2.31. The predicted octanol–water partition coefficient (Wildman–Crippen LogP) is 3.53. The van der Waals surface area contributed by atoms with Gasteiger partial charge in [0.15, 0.2) is 0 Å². The quantitative estimate of drug-likeness (QED) is 0.737. The monoisotopic (exact) mass is 410 g/mol. The molecule has 1 fully saturated rings. The molecule has 158 valence electrons. The van der Waals surface area contributed by atoms with Gasteiger partial charge in [0.05, 0.1) is 6.04 Å². The number of nitrogens with zero attached hydrogens (tertiary/aromatic N) is 1. The first-order valence-electron chi connectivity index (χ1n) is 10.0. The van der Waals surface area contributed by atoms with Crippen molar-refractivity contribution < 1.29 is 23.9 Å². The van der Waals surface area contributed by atoms with Crippen LogP contribution >= 0.6 is 0 Å². The lowest BCUT2D eigenvalue weighted by atomic mass is 9.97. The zero-order valence-corrected chi connectivity index (χ0v) is 16.7. The van der Waals surface area contributed by atoms with Gasteiger partial charge in [-0.05, 0) is 24.0 Å². The molecule has 2 unspecified atom stereocenters. The van der Waals surface area contributed by atoms with Crippen LogP contribution in [0.4, 0.5) is 9.59 Å². The Bertz CT molecular complexity index is 828. The molecule has 7 nitrogen and oxygen atoms in total. The van der Waals surface area contributed by atoms with Gasteiger partial charge >= 0.3 is 12.2 Å². The molecule has 1 saturated heterocycles. The first-order valence-corrected chi connectivity index (χ1v) is 10.0. The number of benzene rings is 2. The number of hydrogen-bond acceptors (Lipinski definition) is 5. The molecule has 0 spiro atoms. The lowest BCUT2D eigenvalue weighted by Gasteiger charge is -2.26. The fraction of sp³-hybridized carbons (Fsp3) is 0.348. The predicted molar refractivity (Wildman–Crippen MR) is 111 cm³/mol. The molecule has 1 N–H and O–H groups in total. The van der Waals surface area contributed by atoms with Gasteiger partial charge in [-0.2, -0.15) is 0 Å². The molecular weight excluding hydrogens is 384 g/mol. The smallest absolute Gasteiger partial charge is 0.410 e. The van der Waals surface area contributed by atoms with E-state index in [1.165, 1.54) is 4.90 Å². The van der Waals surface area contributed by atoms with Crippen LogP contribution in [-0.2, 0) is 27.5 Å². The van der Waals surface area contributed by atoms with Crippen LogP contribution in [0.3, 0.4) is 0 Å². The first kappa shape index (κ1) is 21.4. The lowest BCUT2D eigenvalue weighted by Crippen LogP contribution is -2.48. The number of aldehydes is 1. The maximum Gasteiger partial charge on any atom is 0.410 e. The summed E-state index contributed by atoms with van der Waals surface area (Å²) >= 11 is 0. The summed E-state index contributed by atoms with van der Waals surface area (Å²) in [4.78, 5) is 37.9. The van der Waals surface area contributed by atoms with Crippen LogP contribution in [0, 0.1) is 5.92 Å². The Balaban J connectivity index is 1.55. The Hall–Kier alpha value is -3.35. The summed E-state index contributed by atoms with van der Waals surface area (Å²) in [7, 11) is 0. The maximum atomic E-state index is 12.5. The summed E-state index contributed by atoms with van der Waals surface area (Å²) < 4.78 is 10.7. The van der Waals surface area contributed by atoms with Crippen molar-refractivity contribution in [3.63, 3.8) is 0 Å². The molecule has 30 heavy (non-hydrogen) atoms. The van der Waals surface area contributed by atoms with E-state index in [-0.39, 0.29) is 25.7 Å². The molecule has 2 aromatic carbocycles. The third kappa shape index (κ3) is 6.34. The summed E-state index contributed by atoms with van der Waals surface area (Å²) in [5.74, 6) is -0.388. The molecule has 1 heterocycles. The number of ether oxygens (including phenoxy) is 2. The van der Waals surface area contributed by atoms with Gasteiger partial charge in [0.2, 0.25) is 0 Å². The molecule has 0 aliphatic carbocycles. The molecule has 0 saturated carbocycles. The minimum atomic E-state index is -0.616. The molecular formula is C23H26N2O5. The summed E-state index contributed by atoms with van der Waals surface area (Å²) in [5.41, 5.74) is 1.76. The van der Waals surface area contributed by atoms with Crippen LogP contribution in [0.2, 0.25) is 0 Å². The van der Waals surface area contributed by atoms with Crippen molar-refractivity contribution in [2.45, 2.75) is 32.1 Å². The van der Waals surface area contributed by atoms with Crippen molar-refractivity contribution in [2.24, 2.45) is 5.92 Å². The molecule has 3 rings (SSSR count). The van der Waals surface area contributed by atoms with Gasteiger partial charge in [-0.15, -0.1) is 0 Å². The second-order valence-electron chi connectivity index (χ2n) is 7.24. The Morgan fingerprint density at radius 2 is 1.57 bits per heavy atom. The van der Waals surface area contributed by atoms with Crippen molar-refractivity contribution in [3.05, 3.63) is 71.8 Å². The van der Waals surface area contributed by atoms with E-state index < -0.39 is 18.2 Å². The van der Waals surface area contributed by atoms with Crippen molar-refractivity contribution >= 4 is 18.5 Å². The number of rotatable bonds is 6. The van der Waals surface area contributed by atoms with Gasteiger partial charge in [-0.1, -0.05) is 60.7 Å². The normalized spacial score (nSPS) is 18.7. The van der Waals surface area contributed by atoms with Gasteiger partial charge < -0.3 is 24.5 Å². The van der Waals surface area contributed by atoms with Gasteiger partial charge in [0.1, 0.15) is 19.5 Å². The highest BCUT2D eigenvalue weighted by atomic mass is 16.6. The van der Waals surface area contributed by atoms with Gasteiger partial charge in [0, 0.05) is 19.0 Å². The zero-order chi connectivity index (χ0) is 21.2. The Morgan fingerprint density at radius 3 is 2.17 bits per heavy atom. The topological polar surface area (TPSA) is 84.9 Å². The first-order chi connectivity index (χ1) is 14.7. The number of alkyl carbamates (subject to hydrolysis) is 1. The van der Waals surface area contributed by atoms with E-state index in [1.807, 2.05) is 60.7 Å². The Morgan fingerprint density at radius 1 is 0.967 bits per heavy atom. The third-order valence-electron chi connectivity index (χ3n) is 5.05. The summed E-state index contributed by atoms with van der Waals surface area (Å²) in [6, 6.07) is 18.2. The van der Waals surface area contributed by atoms with E-state index in [0.717, 1.165) is 17.4 Å². The molecule has 7 heteroatoms. The molecule has 0 radical (unpaired) electrons. The van der Waals surface area contributed by atoms with Crippen LogP contribution in [0.25, 0.3) is 0 Å². The van der Waals surface area contributed by atoms with E-state index in [2.05, 4.69) is 5.32 Å². The molecule has 0 bridgehead atoms. The summed E-state index contributed by atoms with van der Waals surface area (Å²) in [6.07, 6.45) is 0.988. The number of nitrogens with one attached hydrogen (secondary N) is 1. The standard InChI is InChI=1S/C23H26N2O5/c26-15-20-12-7-13-25(23(28)30-17-19-10-5-2-6-11-19)14-21(20)24-22(27)29-16-18-8-3-1-4-9-18/h1-6,8-11,15,20-21H,7,12-14,16-17H2,(H,24,27). The number of likely N-dealkylation sites (tertiary alicyclic amines) is 1. The SMILES string of the molecule is O=CC1CCCN(C(=O)OCc2ccccc2)CC1NC(=O)OCc1ccccc1. The van der Waals surface area contributed by atoms with E-state index in [9.17, 15) is 14.4 Å². The van der Waals surface area contributed by atoms with Crippen molar-refractivity contribution in [3.8, 4) is 0 Å². The van der Waals surface area contributed by atoms with E-state index in [1.54, 1.807) is 0 Å². The number of carbonyl (C=O) groups is 3. The van der Waals surface area contributed by atoms with Crippen molar-refractivity contribution in [1.29, 1.82) is 0 Å². The fourth-order valence-corrected chi connectivity index (χ4v) is 3.39. The minimum absolute atomic E-state index is 0.133. The Kier molecular flexibility index (Phi) is 7.83. The molecule has 1 aliphatic rings. The van der Waals surface area contributed by atoms with Crippen LogP contribution in [0.15, 0.2) is 60.7 Å². The maximum absolute atomic E-state index is 12.5. The largest absolute Gasteiger partial charge is 0.445 e. The minimum Gasteiger partial charge on any atom is -0.445 e. The zero-order valence-electron chi connectivity index (χ0n) is 16.7. The summed E-state index contributed by atoms with van der Waals surface area (Å²) in [6.45, 7) is 0.963. The average Bonchev–Trinajstić information content (AvgIpc) is 2.99. The van der Waals surface area contributed by atoms with Gasteiger partial charge in [-0.3, -0.25) is 0 Å². The second kappa shape index (κ2) is 11.0. The lowest BCUT2D eigenvalue weighted by molar-refractivity contribution is -0.111. The van der Waals surface area contributed by atoms with Crippen molar-refractivity contribution in [2.75, 3.05) is 13.1 Å². The molecule has 0 aromatic heterocycles. The molecule has 2 aromatic rings. The number of amides is 2. The third-order valence-corrected chi connectivity index (χ3v) is 5.05. The van der Waals surface area contributed by atoms with E-state index in [0.29, 0.717) is 19.4 Å². The second-order valence-corrected chi connectivity index (χ2v) is 7.24. The van der Waals surface area contributed by atoms with Gasteiger partial charge in [-0.25, -0.2) is 9.59 Å². The Labute approximate surface area is 176 Å².